The van der Waals surface area contributed by atoms with E-state index in [0.29, 0.717) is 0 Å². The first-order valence-electron chi connectivity index (χ1n) is 21.9. The van der Waals surface area contributed by atoms with Gasteiger partial charge in [0.25, 0.3) is 0 Å². The number of esters is 4. The van der Waals surface area contributed by atoms with Crippen molar-refractivity contribution < 1.29 is 95.2 Å². The molecule has 392 valence electrons. The first-order chi connectivity index (χ1) is 32.5. The maximum Gasteiger partial charge on any atom is 0.407 e. The van der Waals surface area contributed by atoms with E-state index in [-0.39, 0.29) is 128 Å². The lowest BCUT2D eigenvalue weighted by molar-refractivity contribution is -0.139. The molecule has 0 aliphatic carbocycles. The zero-order chi connectivity index (χ0) is 52.4. The van der Waals surface area contributed by atoms with Crippen molar-refractivity contribution in [3.63, 3.8) is 0 Å². The molecule has 0 aromatic carbocycles. The Balaban J connectivity index is 5.97. The highest BCUT2D eigenvalue weighted by Gasteiger charge is 2.34. The van der Waals surface area contributed by atoms with E-state index < -0.39 is 78.1 Å². The monoisotopic (exact) mass is 988 g/mol. The molecule has 0 bridgehead atoms. The third-order valence-corrected chi connectivity index (χ3v) is 8.09. The van der Waals surface area contributed by atoms with Crippen molar-refractivity contribution in [1.82, 2.24) is 21.3 Å². The Morgan fingerprint density at radius 3 is 0.739 bits per heavy atom. The molecule has 0 aromatic rings. The fourth-order valence-electron chi connectivity index (χ4n) is 4.73. The SMILES string of the molecule is C=C(C)C(=O)OCCNC(=O)OC(C)COCC(COCC(C)OC(=O)NCCOC(=O)C(=C)C)(COCC(C)OC(=O)NCCOC(=O)C(=C)C)COCC(C)OC(=O)NCCOC(=O)C(=C)C. The van der Waals surface area contributed by atoms with E-state index in [1.165, 1.54) is 27.7 Å². The quantitative estimate of drug-likeness (QED) is 0.0304. The predicted octanol–water partition coefficient (Wildman–Crippen LogP) is 2.98. The highest BCUT2D eigenvalue weighted by Crippen LogP contribution is 2.22. The second-order valence-corrected chi connectivity index (χ2v) is 15.8. The van der Waals surface area contributed by atoms with Gasteiger partial charge < -0.3 is 78.1 Å². The molecule has 0 radical (unpaired) electrons. The summed E-state index contributed by atoms with van der Waals surface area (Å²) in [6, 6.07) is 0. The van der Waals surface area contributed by atoms with Crippen LogP contribution in [0, 0.1) is 5.41 Å². The van der Waals surface area contributed by atoms with Crippen LogP contribution in [-0.4, -0.2) is 178 Å². The second-order valence-electron chi connectivity index (χ2n) is 15.8. The predicted molar refractivity (Wildman–Crippen MR) is 245 cm³/mol. The number of amides is 4. The van der Waals surface area contributed by atoms with Crippen LogP contribution in [0.15, 0.2) is 48.6 Å². The van der Waals surface area contributed by atoms with Crippen molar-refractivity contribution in [3.8, 4) is 0 Å². The fraction of sp³-hybridized carbons (Fsp3) is 0.644. The average molecular weight is 989 g/mol. The Kier molecular flexibility index (Phi) is 32.6. The molecule has 0 fully saturated rings. The minimum absolute atomic E-state index is 0.0292. The van der Waals surface area contributed by atoms with Gasteiger partial charge in [-0.05, 0) is 55.4 Å². The van der Waals surface area contributed by atoms with Gasteiger partial charge in [0, 0.05) is 22.3 Å². The van der Waals surface area contributed by atoms with Crippen molar-refractivity contribution >= 4 is 48.3 Å². The molecule has 0 aromatic heterocycles. The number of carbonyl (C=O) groups is 8. The van der Waals surface area contributed by atoms with E-state index in [4.69, 9.17) is 56.8 Å². The smallest absolute Gasteiger partial charge is 0.407 e. The van der Waals surface area contributed by atoms with Gasteiger partial charge in [0.2, 0.25) is 0 Å². The average Bonchev–Trinajstić information content (AvgIpc) is 3.26. The second kappa shape index (κ2) is 35.8. The largest absolute Gasteiger partial charge is 0.460 e. The minimum Gasteiger partial charge on any atom is -0.460 e. The minimum atomic E-state index is -1.19. The van der Waals surface area contributed by atoms with Gasteiger partial charge in [-0.1, -0.05) is 26.3 Å². The summed E-state index contributed by atoms with van der Waals surface area (Å²) in [5.41, 5.74) is -0.376. The van der Waals surface area contributed by atoms with Crippen LogP contribution in [0.1, 0.15) is 55.4 Å². The lowest BCUT2D eigenvalue weighted by Gasteiger charge is -2.34. The number of hydrogen-bond donors (Lipinski definition) is 4. The number of hydrogen-bond acceptors (Lipinski definition) is 20. The molecule has 4 amide bonds. The Morgan fingerprint density at radius 2 is 0.565 bits per heavy atom. The van der Waals surface area contributed by atoms with Crippen molar-refractivity contribution in [2.24, 2.45) is 5.41 Å². The molecule has 4 N–H and O–H groups in total. The van der Waals surface area contributed by atoms with E-state index in [1.54, 1.807) is 27.7 Å². The van der Waals surface area contributed by atoms with E-state index in [1.807, 2.05) is 0 Å². The van der Waals surface area contributed by atoms with Crippen molar-refractivity contribution in [2.45, 2.75) is 79.8 Å². The number of alkyl carbamates (subject to hydrolysis) is 4. The molecule has 0 aliphatic heterocycles. The van der Waals surface area contributed by atoms with Gasteiger partial charge in [0.05, 0.1) is 84.4 Å². The molecule has 0 rings (SSSR count). The molecule has 4 unspecified atom stereocenters. The first kappa shape index (κ1) is 62.8. The lowest BCUT2D eigenvalue weighted by Crippen LogP contribution is -2.44. The van der Waals surface area contributed by atoms with Crippen LogP contribution in [0.2, 0.25) is 0 Å². The lowest BCUT2D eigenvalue weighted by atomic mass is 9.92. The number of nitrogens with one attached hydrogen (secondary N) is 4. The maximum absolute atomic E-state index is 12.4. The molecule has 0 heterocycles. The Hall–Kier alpha value is -6.24. The molecule has 69 heavy (non-hydrogen) atoms. The van der Waals surface area contributed by atoms with Gasteiger partial charge in [-0.25, -0.2) is 38.4 Å². The number of carbonyl (C=O) groups excluding carboxylic acids is 8. The van der Waals surface area contributed by atoms with Crippen LogP contribution in [-0.2, 0) is 76.0 Å². The van der Waals surface area contributed by atoms with Crippen LogP contribution in [0.3, 0.4) is 0 Å². The summed E-state index contributed by atoms with van der Waals surface area (Å²) >= 11 is 0. The Morgan fingerprint density at radius 1 is 0.377 bits per heavy atom. The normalized spacial score (nSPS) is 13.2. The van der Waals surface area contributed by atoms with Crippen LogP contribution in [0.5, 0.6) is 0 Å². The van der Waals surface area contributed by atoms with E-state index in [9.17, 15) is 38.4 Å². The van der Waals surface area contributed by atoms with Gasteiger partial charge in [-0.15, -0.1) is 0 Å². The molecule has 4 atom stereocenters. The Bertz CT molecular complexity index is 1480. The van der Waals surface area contributed by atoms with Gasteiger partial charge in [-0.3, -0.25) is 0 Å². The molecular weight excluding hydrogens is 917 g/mol. The molecule has 24 nitrogen and oxygen atoms in total. The van der Waals surface area contributed by atoms with E-state index >= 15 is 0 Å². The van der Waals surface area contributed by atoms with Gasteiger partial charge >= 0.3 is 48.3 Å². The van der Waals surface area contributed by atoms with Crippen LogP contribution >= 0.6 is 0 Å². The summed E-state index contributed by atoms with van der Waals surface area (Å²) in [5, 5.41) is 9.86. The maximum atomic E-state index is 12.4. The molecule has 0 saturated heterocycles. The van der Waals surface area contributed by atoms with Crippen molar-refractivity contribution in [3.05, 3.63) is 48.6 Å². The zero-order valence-electron chi connectivity index (χ0n) is 41.1. The van der Waals surface area contributed by atoms with Crippen molar-refractivity contribution in [1.29, 1.82) is 0 Å². The zero-order valence-corrected chi connectivity index (χ0v) is 41.1. The topological polar surface area (TPSA) is 295 Å². The third-order valence-electron chi connectivity index (χ3n) is 8.09. The summed E-state index contributed by atoms with van der Waals surface area (Å²) in [6.07, 6.45) is -6.41. The summed E-state index contributed by atoms with van der Waals surface area (Å²) < 4.78 is 65.4. The fourth-order valence-corrected chi connectivity index (χ4v) is 4.73. The van der Waals surface area contributed by atoms with Crippen LogP contribution < -0.4 is 21.3 Å². The molecule has 0 aliphatic rings. The van der Waals surface area contributed by atoms with E-state index in [0.717, 1.165) is 0 Å². The molecule has 0 spiro atoms. The first-order valence-corrected chi connectivity index (χ1v) is 21.9. The van der Waals surface area contributed by atoms with Crippen molar-refractivity contribution in [2.75, 3.05) is 105 Å². The van der Waals surface area contributed by atoms with Gasteiger partial charge in [-0.2, -0.15) is 0 Å². The van der Waals surface area contributed by atoms with Gasteiger partial charge in [0.1, 0.15) is 50.8 Å². The highest BCUT2D eigenvalue weighted by molar-refractivity contribution is 5.88. The molecular formula is C45H72N4O20. The summed E-state index contributed by atoms with van der Waals surface area (Å²) in [7, 11) is 0. The van der Waals surface area contributed by atoms with Crippen LogP contribution in [0.25, 0.3) is 0 Å². The summed E-state index contributed by atoms with van der Waals surface area (Å²) in [5.74, 6) is -2.44. The standard InChI is InChI=1S/C45H72N4O20/c1-29(2)37(50)62-17-13-46-41(54)66-33(9)21-58-25-45(26-59-22-34(10)67-42(55)47-14-18-63-38(51)30(3)4,27-60-23-35(11)68-43(56)48-15-19-64-39(52)31(5)6)28-61-24-36(12)69-44(57)49-16-20-65-40(53)32(7)8/h33-36H,1,3,5,7,13-28H2,2,4,6,8-12H3,(H,46,54)(H,47,55)(H,48,56)(H,49,57). The van der Waals surface area contributed by atoms with E-state index in [2.05, 4.69) is 47.6 Å². The summed E-state index contributed by atoms with van der Waals surface area (Å²) in [4.78, 5) is 96.1. The third kappa shape index (κ3) is 33.0. The highest BCUT2D eigenvalue weighted by atomic mass is 16.6. The summed E-state index contributed by atoms with van der Waals surface area (Å²) in [6.45, 7) is 24.5. The number of rotatable bonds is 36. The Labute approximate surface area is 403 Å². The van der Waals surface area contributed by atoms with Gasteiger partial charge in [0.15, 0.2) is 0 Å². The molecule has 0 saturated carbocycles. The molecule has 24 heteroatoms. The van der Waals surface area contributed by atoms with Crippen LogP contribution in [0.4, 0.5) is 19.2 Å². The number of ether oxygens (including phenoxy) is 12.